The third kappa shape index (κ3) is 2.74. The maximum Gasteiger partial charge on any atom is 0.282 e. The number of pyridine rings is 1. The molecule has 0 radical (unpaired) electrons. The summed E-state index contributed by atoms with van der Waals surface area (Å²) in [5.41, 5.74) is 0.701. The topological polar surface area (TPSA) is 28.6 Å². The van der Waals surface area contributed by atoms with Crippen LogP contribution in [0.25, 0.3) is 0 Å². The minimum absolute atomic E-state index is 0.254. The van der Waals surface area contributed by atoms with Gasteiger partial charge >= 0.3 is 0 Å². The summed E-state index contributed by atoms with van der Waals surface area (Å²) in [5, 5.41) is 0.328. The van der Waals surface area contributed by atoms with E-state index < -0.39 is 5.92 Å². The van der Waals surface area contributed by atoms with Crippen molar-refractivity contribution in [1.82, 2.24) is 4.98 Å². The predicted octanol–water partition coefficient (Wildman–Crippen LogP) is 2.03. The Morgan fingerprint density at radius 1 is 1.16 bits per heavy atom. The second-order valence-electron chi connectivity index (χ2n) is 4.82. The summed E-state index contributed by atoms with van der Waals surface area (Å²) >= 11 is 5.98. The van der Waals surface area contributed by atoms with Crippen molar-refractivity contribution in [3.63, 3.8) is 0 Å². The van der Waals surface area contributed by atoms with E-state index in [-0.39, 0.29) is 13.1 Å². The maximum absolute atomic E-state index is 12.9. The van der Waals surface area contributed by atoms with E-state index in [2.05, 4.69) is 9.88 Å². The molecule has 3 rings (SSSR count). The van der Waals surface area contributed by atoms with Gasteiger partial charge in [-0.15, -0.1) is 0 Å². The van der Waals surface area contributed by atoms with Gasteiger partial charge in [-0.3, -0.25) is 0 Å². The van der Waals surface area contributed by atoms with Crippen LogP contribution in [-0.2, 0) is 4.74 Å². The van der Waals surface area contributed by atoms with Crippen molar-refractivity contribution >= 4 is 23.1 Å². The maximum atomic E-state index is 12.9. The highest BCUT2D eigenvalue weighted by molar-refractivity contribution is 6.29. The van der Waals surface area contributed by atoms with Crippen LogP contribution in [0.3, 0.4) is 0 Å². The molecule has 4 nitrogen and oxygen atoms in total. The Kier molecular flexibility index (Phi) is 3.22. The zero-order valence-electron chi connectivity index (χ0n) is 10.3. The van der Waals surface area contributed by atoms with E-state index in [0.717, 1.165) is 18.9 Å². The van der Waals surface area contributed by atoms with Crippen molar-refractivity contribution < 1.29 is 13.5 Å². The Hall–Kier alpha value is -1.14. The van der Waals surface area contributed by atoms with Crippen molar-refractivity contribution in [2.24, 2.45) is 0 Å². The lowest BCUT2D eigenvalue weighted by Gasteiger charge is -2.40. The van der Waals surface area contributed by atoms with E-state index in [1.807, 2.05) is 6.07 Å². The van der Waals surface area contributed by atoms with Crippen LogP contribution < -0.4 is 9.80 Å². The van der Waals surface area contributed by atoms with E-state index in [1.54, 1.807) is 11.0 Å². The number of rotatable bonds is 2. The van der Waals surface area contributed by atoms with Gasteiger partial charge in [0.2, 0.25) is 0 Å². The van der Waals surface area contributed by atoms with Crippen molar-refractivity contribution in [2.45, 2.75) is 5.92 Å². The Balaban J connectivity index is 1.80. The second-order valence-corrected chi connectivity index (χ2v) is 5.20. The molecule has 0 N–H and O–H groups in total. The molecule has 104 valence electrons. The van der Waals surface area contributed by atoms with Gasteiger partial charge in [-0.25, -0.2) is 13.8 Å². The lowest BCUT2D eigenvalue weighted by Crippen LogP contribution is -2.56. The molecule has 19 heavy (non-hydrogen) atoms. The Morgan fingerprint density at radius 3 is 2.47 bits per heavy atom. The zero-order valence-corrected chi connectivity index (χ0v) is 11.0. The molecular weight excluding hydrogens is 276 g/mol. The molecule has 1 aromatic rings. The minimum atomic E-state index is -2.59. The Morgan fingerprint density at radius 2 is 1.84 bits per heavy atom. The summed E-state index contributed by atoms with van der Waals surface area (Å²) in [6.07, 6.45) is 0. The van der Waals surface area contributed by atoms with Crippen molar-refractivity contribution in [1.29, 1.82) is 0 Å². The smallest absolute Gasteiger partial charge is 0.282 e. The molecule has 0 amide bonds. The molecule has 2 aliphatic heterocycles. The van der Waals surface area contributed by atoms with E-state index in [0.29, 0.717) is 24.1 Å². The number of alkyl halides is 2. The number of ether oxygens (including phenoxy) is 1. The first-order valence-electron chi connectivity index (χ1n) is 6.17. The zero-order chi connectivity index (χ0) is 13.5. The van der Waals surface area contributed by atoms with Gasteiger partial charge < -0.3 is 14.5 Å². The highest BCUT2D eigenvalue weighted by Gasteiger charge is 2.44. The number of halogens is 3. The Bertz CT molecular complexity index is 472. The lowest BCUT2D eigenvalue weighted by atomic mass is 10.1. The Labute approximate surface area is 114 Å². The number of hydrogen-bond donors (Lipinski definition) is 0. The molecule has 2 fully saturated rings. The molecule has 0 spiro atoms. The number of hydrogen-bond acceptors (Lipinski definition) is 4. The summed E-state index contributed by atoms with van der Waals surface area (Å²) in [6, 6.07) is 3.44. The largest absolute Gasteiger partial charge is 0.378 e. The fourth-order valence-corrected chi connectivity index (χ4v) is 2.50. The van der Waals surface area contributed by atoms with Crippen LogP contribution >= 0.6 is 11.6 Å². The molecular formula is C12H14ClF2N3O. The summed E-state index contributed by atoms with van der Waals surface area (Å²) in [7, 11) is 0. The standard InChI is InChI=1S/C12H14ClF2N3O/c13-10-5-9(18-7-12(14,15)8-18)6-11(16-10)17-1-3-19-4-2-17/h5-6H,1-4,7-8H2. The molecule has 0 bridgehead atoms. The SMILES string of the molecule is FC1(F)CN(c2cc(Cl)nc(N3CCOCC3)c2)C1. The third-order valence-corrected chi connectivity index (χ3v) is 3.50. The highest BCUT2D eigenvalue weighted by atomic mass is 35.5. The van der Waals surface area contributed by atoms with E-state index in [1.165, 1.54) is 0 Å². The van der Waals surface area contributed by atoms with Gasteiger partial charge in [0.25, 0.3) is 5.92 Å². The molecule has 0 unspecified atom stereocenters. The average Bonchev–Trinajstić information content (AvgIpc) is 2.36. The van der Waals surface area contributed by atoms with Gasteiger partial charge in [-0.2, -0.15) is 0 Å². The van der Waals surface area contributed by atoms with E-state index >= 15 is 0 Å². The van der Waals surface area contributed by atoms with Crippen LogP contribution in [0.4, 0.5) is 20.3 Å². The molecule has 0 aromatic carbocycles. The summed E-state index contributed by atoms with van der Waals surface area (Å²) in [5.74, 6) is -1.87. The quantitative estimate of drug-likeness (QED) is 0.779. The van der Waals surface area contributed by atoms with Crippen LogP contribution in [0, 0.1) is 0 Å². The van der Waals surface area contributed by atoms with Crippen LogP contribution in [0.15, 0.2) is 12.1 Å². The van der Waals surface area contributed by atoms with E-state index in [4.69, 9.17) is 16.3 Å². The summed E-state index contributed by atoms with van der Waals surface area (Å²) in [4.78, 5) is 7.92. The monoisotopic (exact) mass is 289 g/mol. The highest BCUT2D eigenvalue weighted by Crippen LogP contribution is 2.34. The lowest BCUT2D eigenvalue weighted by molar-refractivity contribution is -0.0262. The number of morpholine rings is 1. The molecule has 1 aromatic heterocycles. The van der Waals surface area contributed by atoms with Gasteiger partial charge in [-0.1, -0.05) is 11.6 Å². The molecule has 0 saturated carbocycles. The number of nitrogens with zero attached hydrogens (tertiary/aromatic N) is 3. The van der Waals surface area contributed by atoms with Crippen molar-refractivity contribution in [3.05, 3.63) is 17.3 Å². The summed E-state index contributed by atoms with van der Waals surface area (Å²) < 4.78 is 31.1. The van der Waals surface area contributed by atoms with Crippen LogP contribution in [0.5, 0.6) is 0 Å². The van der Waals surface area contributed by atoms with Crippen molar-refractivity contribution in [3.8, 4) is 0 Å². The van der Waals surface area contributed by atoms with Gasteiger partial charge in [0.05, 0.1) is 26.3 Å². The number of aromatic nitrogens is 1. The third-order valence-electron chi connectivity index (χ3n) is 3.31. The van der Waals surface area contributed by atoms with Crippen LogP contribution in [-0.4, -0.2) is 50.3 Å². The average molecular weight is 290 g/mol. The first-order chi connectivity index (χ1) is 9.03. The van der Waals surface area contributed by atoms with Crippen molar-refractivity contribution in [2.75, 3.05) is 49.2 Å². The van der Waals surface area contributed by atoms with Gasteiger partial charge in [0, 0.05) is 24.8 Å². The fourth-order valence-electron chi connectivity index (χ4n) is 2.30. The summed E-state index contributed by atoms with van der Waals surface area (Å²) in [6.45, 7) is 2.26. The number of anilines is 2. The van der Waals surface area contributed by atoms with Gasteiger partial charge in [0.1, 0.15) is 11.0 Å². The van der Waals surface area contributed by atoms with Crippen LogP contribution in [0.2, 0.25) is 5.15 Å². The predicted molar refractivity (Wildman–Crippen MR) is 69.4 cm³/mol. The normalized spacial score (nSPS) is 22.3. The fraction of sp³-hybridized carbons (Fsp3) is 0.583. The minimum Gasteiger partial charge on any atom is -0.378 e. The van der Waals surface area contributed by atoms with Gasteiger partial charge in [0.15, 0.2) is 0 Å². The van der Waals surface area contributed by atoms with Crippen LogP contribution in [0.1, 0.15) is 0 Å². The first kappa shape index (κ1) is 12.9. The molecule has 2 aliphatic rings. The first-order valence-corrected chi connectivity index (χ1v) is 6.54. The second kappa shape index (κ2) is 4.76. The van der Waals surface area contributed by atoms with Gasteiger partial charge in [-0.05, 0) is 6.07 Å². The molecule has 2 saturated heterocycles. The molecule has 7 heteroatoms. The molecule has 3 heterocycles. The molecule has 0 atom stereocenters. The van der Waals surface area contributed by atoms with E-state index in [9.17, 15) is 8.78 Å². The molecule has 0 aliphatic carbocycles.